The average Bonchev–Trinajstić information content (AvgIpc) is 3.24. The van der Waals surface area contributed by atoms with Gasteiger partial charge in [0.05, 0.1) is 34.8 Å². The summed E-state index contributed by atoms with van der Waals surface area (Å²) in [6.07, 6.45) is 5.55. The van der Waals surface area contributed by atoms with Crippen molar-refractivity contribution >= 4 is 38.3 Å². The number of pyridine rings is 3. The van der Waals surface area contributed by atoms with Gasteiger partial charge in [-0.3, -0.25) is 9.82 Å². The van der Waals surface area contributed by atoms with E-state index < -0.39 is 21.7 Å². The van der Waals surface area contributed by atoms with Crippen LogP contribution in [0.15, 0.2) is 47.9 Å². The number of hydrogen-bond donors (Lipinski definition) is 2. The summed E-state index contributed by atoms with van der Waals surface area (Å²) in [7, 11) is -3.05. The largest absolute Gasteiger partial charge is 0.480 e. The number of nitrogens with zero attached hydrogens (tertiary/aromatic N) is 4. The van der Waals surface area contributed by atoms with Crippen LogP contribution in [0.2, 0.25) is 5.02 Å². The number of hydrogen-bond acceptors (Lipinski definition) is 7. The summed E-state index contributed by atoms with van der Waals surface area (Å²) < 4.78 is 47.4. The van der Waals surface area contributed by atoms with E-state index in [0.29, 0.717) is 11.1 Å². The zero-order valence-corrected chi connectivity index (χ0v) is 17.3. The van der Waals surface area contributed by atoms with E-state index in [9.17, 15) is 12.8 Å². The minimum absolute atomic E-state index is 0.0649. The molecule has 0 bridgehead atoms. The summed E-state index contributed by atoms with van der Waals surface area (Å²) >= 11 is 5.84. The Labute approximate surface area is 180 Å². The van der Waals surface area contributed by atoms with E-state index in [1.54, 1.807) is 18.5 Å². The molecule has 0 fully saturated rings. The van der Waals surface area contributed by atoms with Gasteiger partial charge in [-0.1, -0.05) is 17.5 Å². The fraction of sp³-hybridized carbons (Fsp3) is 0.0526. The number of nitrogens with one attached hydrogen (secondary N) is 2. The van der Waals surface area contributed by atoms with Gasteiger partial charge in [-0.2, -0.15) is 5.10 Å². The van der Waals surface area contributed by atoms with Crippen LogP contribution >= 0.6 is 11.6 Å². The van der Waals surface area contributed by atoms with Gasteiger partial charge in [0.2, 0.25) is 5.88 Å². The Morgan fingerprint density at radius 3 is 2.77 bits per heavy atom. The maximum Gasteiger partial charge on any atom is 0.268 e. The molecule has 0 spiro atoms. The normalized spacial score (nSPS) is 11.1. The van der Waals surface area contributed by atoms with Gasteiger partial charge in [0.15, 0.2) is 16.5 Å². The highest BCUT2D eigenvalue weighted by atomic mass is 35.5. The molecular weight excluding hydrogens is 447 g/mol. The average molecular weight is 459 g/mol. The highest BCUT2D eigenvalue weighted by Crippen LogP contribution is 2.27. The number of methoxy groups -OCH3 is 1. The van der Waals surface area contributed by atoms with Crippen LogP contribution in [0.4, 0.5) is 10.2 Å². The van der Waals surface area contributed by atoms with Crippen LogP contribution in [0.3, 0.4) is 0 Å². The van der Waals surface area contributed by atoms with Gasteiger partial charge in [0.25, 0.3) is 10.0 Å². The number of sulfonamides is 1. The predicted molar refractivity (Wildman–Crippen MR) is 111 cm³/mol. The standard InChI is InChI=1S/C19H12ClFN6O3S/c1-30-19-16(8-12(20)9-24-19)31(28,29)27-18-17(21)11(4-6-23-18)2-3-14-13-10-25-26-15(13)5-7-22-14/h4-10H,1H3,(H,23,27)(H,25,26). The van der Waals surface area contributed by atoms with Crippen LogP contribution in [0, 0.1) is 17.7 Å². The van der Waals surface area contributed by atoms with Crippen LogP contribution in [0.25, 0.3) is 10.9 Å². The third-order valence-corrected chi connectivity index (χ3v) is 5.61. The van der Waals surface area contributed by atoms with Crippen molar-refractivity contribution < 1.29 is 17.5 Å². The molecule has 4 aromatic heterocycles. The molecular formula is C19H12ClFN6O3S. The molecule has 12 heteroatoms. The fourth-order valence-corrected chi connectivity index (χ4v) is 4.02. The van der Waals surface area contributed by atoms with Crippen molar-refractivity contribution in [3.63, 3.8) is 0 Å². The van der Waals surface area contributed by atoms with Crippen LogP contribution in [0.1, 0.15) is 11.3 Å². The molecule has 0 aliphatic rings. The van der Waals surface area contributed by atoms with Gasteiger partial charge in [-0.05, 0) is 24.1 Å². The Bertz CT molecular complexity index is 1460. The van der Waals surface area contributed by atoms with Crippen molar-refractivity contribution in [2.45, 2.75) is 4.90 Å². The molecule has 4 rings (SSSR count). The quantitative estimate of drug-likeness (QED) is 0.451. The van der Waals surface area contributed by atoms with Gasteiger partial charge in [0, 0.05) is 18.6 Å². The SMILES string of the molecule is COc1ncc(Cl)cc1S(=O)(=O)Nc1nccc(C#Cc2nccc3[nH]ncc23)c1F. The third-order valence-electron chi connectivity index (χ3n) is 4.07. The fourth-order valence-electron chi connectivity index (χ4n) is 2.64. The molecule has 0 amide bonds. The van der Waals surface area contributed by atoms with Crippen LogP contribution in [-0.2, 0) is 10.0 Å². The number of halogens is 2. The van der Waals surface area contributed by atoms with Crippen molar-refractivity contribution in [3.8, 4) is 17.7 Å². The van der Waals surface area contributed by atoms with Crippen molar-refractivity contribution in [1.82, 2.24) is 25.1 Å². The summed E-state index contributed by atoms with van der Waals surface area (Å²) in [6.45, 7) is 0. The van der Waals surface area contributed by atoms with Gasteiger partial charge in [-0.25, -0.2) is 27.8 Å². The summed E-state index contributed by atoms with van der Waals surface area (Å²) in [6, 6.07) is 4.18. The Balaban J connectivity index is 1.69. The Morgan fingerprint density at radius 1 is 1.16 bits per heavy atom. The molecule has 0 aliphatic heterocycles. The van der Waals surface area contributed by atoms with Crippen LogP contribution in [-0.4, -0.2) is 40.7 Å². The number of aromatic amines is 1. The first-order valence-corrected chi connectivity index (χ1v) is 10.4. The molecule has 2 N–H and O–H groups in total. The minimum atomic E-state index is -4.30. The van der Waals surface area contributed by atoms with Crippen LogP contribution < -0.4 is 9.46 Å². The molecule has 0 radical (unpaired) electrons. The molecule has 0 aliphatic carbocycles. The van der Waals surface area contributed by atoms with E-state index in [2.05, 4.69) is 41.7 Å². The lowest BCUT2D eigenvalue weighted by Crippen LogP contribution is -2.17. The molecule has 0 unspecified atom stereocenters. The highest BCUT2D eigenvalue weighted by molar-refractivity contribution is 7.92. The molecule has 0 saturated carbocycles. The first kappa shape index (κ1) is 20.5. The molecule has 0 aromatic carbocycles. The maximum atomic E-state index is 14.9. The molecule has 9 nitrogen and oxygen atoms in total. The summed E-state index contributed by atoms with van der Waals surface area (Å²) in [5, 5.41) is 7.45. The van der Waals surface area contributed by atoms with E-state index in [0.717, 1.165) is 11.6 Å². The molecule has 4 heterocycles. The van der Waals surface area contributed by atoms with Gasteiger partial charge in [-0.15, -0.1) is 0 Å². The topological polar surface area (TPSA) is 123 Å². The molecule has 4 aromatic rings. The number of fused-ring (bicyclic) bond motifs is 1. The van der Waals surface area contributed by atoms with E-state index in [4.69, 9.17) is 16.3 Å². The highest BCUT2D eigenvalue weighted by Gasteiger charge is 2.24. The lowest BCUT2D eigenvalue weighted by atomic mass is 10.2. The number of rotatable bonds is 4. The Kier molecular flexibility index (Phi) is 5.41. The summed E-state index contributed by atoms with van der Waals surface area (Å²) in [5.74, 6) is 3.72. The zero-order chi connectivity index (χ0) is 22.0. The van der Waals surface area contributed by atoms with E-state index in [1.165, 1.54) is 25.6 Å². The first-order valence-electron chi connectivity index (χ1n) is 8.56. The summed E-state index contributed by atoms with van der Waals surface area (Å²) in [5.41, 5.74) is 1.04. The zero-order valence-electron chi connectivity index (χ0n) is 15.7. The van der Waals surface area contributed by atoms with Gasteiger partial charge >= 0.3 is 0 Å². The lowest BCUT2D eigenvalue weighted by Gasteiger charge is -2.11. The number of ether oxygens (including phenoxy) is 1. The van der Waals surface area contributed by atoms with Crippen molar-refractivity contribution in [2.24, 2.45) is 0 Å². The number of H-pyrrole nitrogens is 1. The van der Waals surface area contributed by atoms with Crippen molar-refractivity contribution in [3.05, 3.63) is 65.1 Å². The number of anilines is 1. The summed E-state index contributed by atoms with van der Waals surface area (Å²) in [4.78, 5) is 11.4. The van der Waals surface area contributed by atoms with E-state index >= 15 is 0 Å². The third kappa shape index (κ3) is 4.11. The second-order valence-electron chi connectivity index (χ2n) is 6.03. The molecule has 31 heavy (non-hydrogen) atoms. The second kappa shape index (κ2) is 8.17. The first-order chi connectivity index (χ1) is 14.9. The van der Waals surface area contributed by atoms with E-state index in [-0.39, 0.29) is 21.4 Å². The predicted octanol–water partition coefficient (Wildman–Crippen LogP) is 2.75. The van der Waals surface area contributed by atoms with Crippen molar-refractivity contribution in [1.29, 1.82) is 0 Å². The molecule has 0 saturated heterocycles. The minimum Gasteiger partial charge on any atom is -0.480 e. The van der Waals surface area contributed by atoms with Crippen molar-refractivity contribution in [2.75, 3.05) is 11.8 Å². The molecule has 0 atom stereocenters. The van der Waals surface area contributed by atoms with Gasteiger partial charge < -0.3 is 4.74 Å². The number of aromatic nitrogens is 5. The Morgan fingerprint density at radius 2 is 1.97 bits per heavy atom. The monoisotopic (exact) mass is 458 g/mol. The smallest absolute Gasteiger partial charge is 0.268 e. The Hall–Kier alpha value is -3.75. The second-order valence-corrected chi connectivity index (χ2v) is 8.12. The van der Waals surface area contributed by atoms with Crippen LogP contribution in [0.5, 0.6) is 5.88 Å². The van der Waals surface area contributed by atoms with Gasteiger partial charge in [0.1, 0.15) is 5.69 Å². The molecule has 156 valence electrons. The lowest BCUT2D eigenvalue weighted by molar-refractivity contribution is 0.385. The maximum absolute atomic E-state index is 14.9. The van der Waals surface area contributed by atoms with E-state index in [1.807, 2.05) is 0 Å².